The van der Waals surface area contributed by atoms with Crippen LogP contribution in [0, 0.1) is 0 Å². The normalized spacial score (nSPS) is 16.2. The van der Waals surface area contributed by atoms with Gasteiger partial charge in [-0.3, -0.25) is 4.90 Å². The van der Waals surface area contributed by atoms with Crippen LogP contribution in [0.1, 0.15) is 57.2 Å². The molecule has 1 unspecified atom stereocenters. The summed E-state index contributed by atoms with van der Waals surface area (Å²) < 4.78 is 5.56. The second-order valence-corrected chi connectivity index (χ2v) is 6.04. The molecule has 0 saturated heterocycles. The molecule has 3 nitrogen and oxygen atoms in total. The molecule has 0 spiro atoms. The van der Waals surface area contributed by atoms with Crippen LogP contribution in [0.3, 0.4) is 0 Å². The van der Waals surface area contributed by atoms with Crippen LogP contribution < -0.4 is 10.1 Å². The van der Waals surface area contributed by atoms with Crippen molar-refractivity contribution in [2.45, 2.75) is 58.7 Å². The van der Waals surface area contributed by atoms with E-state index in [2.05, 4.69) is 49.2 Å². The lowest BCUT2D eigenvalue weighted by Gasteiger charge is -2.23. The average molecular weight is 290 g/mol. The Labute approximate surface area is 129 Å². The molecule has 0 radical (unpaired) electrons. The Morgan fingerprint density at radius 1 is 1.33 bits per heavy atom. The van der Waals surface area contributed by atoms with E-state index in [1.54, 1.807) is 7.11 Å². The Bertz CT molecular complexity index is 443. The van der Waals surface area contributed by atoms with Crippen molar-refractivity contribution >= 4 is 0 Å². The summed E-state index contributed by atoms with van der Waals surface area (Å²) in [6.45, 7) is 9.86. The van der Waals surface area contributed by atoms with E-state index in [1.807, 2.05) is 0 Å². The smallest absolute Gasteiger partial charge is 0.123 e. The zero-order chi connectivity index (χ0) is 15.2. The van der Waals surface area contributed by atoms with Crippen molar-refractivity contribution in [1.29, 1.82) is 0 Å². The predicted octanol–water partition coefficient (Wildman–Crippen LogP) is 3.74. The van der Waals surface area contributed by atoms with Gasteiger partial charge in [-0.15, -0.1) is 0 Å². The van der Waals surface area contributed by atoms with Gasteiger partial charge in [0.2, 0.25) is 0 Å². The minimum atomic E-state index is 0.394. The molecule has 1 fully saturated rings. The molecule has 0 heterocycles. The van der Waals surface area contributed by atoms with Crippen molar-refractivity contribution < 1.29 is 4.74 Å². The zero-order valence-electron chi connectivity index (χ0n) is 14.0. The summed E-state index contributed by atoms with van der Waals surface area (Å²) in [5, 5.41) is 3.56. The van der Waals surface area contributed by atoms with Crippen LogP contribution in [0.25, 0.3) is 0 Å². The van der Waals surface area contributed by atoms with Gasteiger partial charge >= 0.3 is 0 Å². The lowest BCUT2D eigenvalue weighted by molar-refractivity contribution is 0.264. The van der Waals surface area contributed by atoms with Crippen molar-refractivity contribution in [3.63, 3.8) is 0 Å². The third-order valence-electron chi connectivity index (χ3n) is 4.35. The molecule has 0 amide bonds. The fourth-order valence-electron chi connectivity index (χ4n) is 2.83. The van der Waals surface area contributed by atoms with Crippen LogP contribution in [-0.4, -0.2) is 31.1 Å². The van der Waals surface area contributed by atoms with E-state index in [1.165, 1.54) is 30.4 Å². The molecule has 0 bridgehead atoms. The lowest BCUT2D eigenvalue weighted by atomic mass is 10.0. The van der Waals surface area contributed by atoms with E-state index in [0.29, 0.717) is 6.04 Å². The van der Waals surface area contributed by atoms with Gasteiger partial charge < -0.3 is 10.1 Å². The molecule has 1 aromatic rings. The number of hydrogen-bond donors (Lipinski definition) is 1. The molecule has 1 saturated carbocycles. The number of benzene rings is 1. The maximum atomic E-state index is 5.56. The fourth-order valence-corrected chi connectivity index (χ4v) is 2.83. The predicted molar refractivity (Wildman–Crippen MR) is 88.8 cm³/mol. The van der Waals surface area contributed by atoms with Crippen LogP contribution in [0.5, 0.6) is 5.75 Å². The first-order valence-electron chi connectivity index (χ1n) is 8.33. The molecule has 1 aliphatic rings. The van der Waals surface area contributed by atoms with E-state index in [4.69, 9.17) is 4.74 Å². The van der Waals surface area contributed by atoms with Gasteiger partial charge in [-0.2, -0.15) is 0 Å². The molecule has 118 valence electrons. The van der Waals surface area contributed by atoms with E-state index in [9.17, 15) is 0 Å². The molecule has 1 aliphatic carbocycles. The highest BCUT2D eigenvalue weighted by molar-refractivity contribution is 5.38. The Morgan fingerprint density at radius 2 is 2.10 bits per heavy atom. The van der Waals surface area contributed by atoms with Crippen molar-refractivity contribution in [2.75, 3.05) is 20.2 Å². The standard InChI is InChI=1S/C18H30N2O/c1-5-11-19-14(3)15-7-10-18(21-4)16(12-15)13-20(6-2)17-8-9-17/h7,10,12,14,17,19H,5-6,8-9,11,13H2,1-4H3. The summed E-state index contributed by atoms with van der Waals surface area (Å²) in [5.41, 5.74) is 2.67. The molecule has 21 heavy (non-hydrogen) atoms. The van der Waals surface area contributed by atoms with Gasteiger partial charge in [0.15, 0.2) is 0 Å². The van der Waals surface area contributed by atoms with Crippen LogP contribution in [-0.2, 0) is 6.54 Å². The number of hydrogen-bond acceptors (Lipinski definition) is 3. The topological polar surface area (TPSA) is 24.5 Å². The van der Waals surface area contributed by atoms with Crippen LogP contribution in [0.4, 0.5) is 0 Å². The molecule has 1 aromatic carbocycles. The first kappa shape index (κ1) is 16.3. The number of nitrogens with one attached hydrogen (secondary N) is 1. The second-order valence-electron chi connectivity index (χ2n) is 6.04. The molecule has 0 aliphatic heterocycles. The summed E-state index contributed by atoms with van der Waals surface area (Å²) in [7, 11) is 1.77. The van der Waals surface area contributed by atoms with Crippen LogP contribution >= 0.6 is 0 Å². The second kappa shape index (κ2) is 7.81. The quantitative estimate of drug-likeness (QED) is 0.750. The first-order chi connectivity index (χ1) is 10.2. The molecule has 1 atom stereocenters. The van der Waals surface area contributed by atoms with Gasteiger partial charge in [0, 0.05) is 24.2 Å². The SMILES string of the molecule is CCCNC(C)c1ccc(OC)c(CN(CC)C2CC2)c1. The Morgan fingerprint density at radius 3 is 2.67 bits per heavy atom. The maximum Gasteiger partial charge on any atom is 0.123 e. The van der Waals surface area contributed by atoms with E-state index < -0.39 is 0 Å². The maximum absolute atomic E-state index is 5.56. The lowest BCUT2D eigenvalue weighted by Crippen LogP contribution is -2.25. The molecule has 1 N–H and O–H groups in total. The molecular formula is C18H30N2O. The van der Waals surface area contributed by atoms with Crippen molar-refractivity contribution in [3.05, 3.63) is 29.3 Å². The first-order valence-corrected chi connectivity index (χ1v) is 8.33. The highest BCUT2D eigenvalue weighted by atomic mass is 16.5. The van der Waals surface area contributed by atoms with Gasteiger partial charge in [-0.05, 0) is 57.0 Å². The Kier molecular flexibility index (Phi) is 6.07. The summed E-state index contributed by atoms with van der Waals surface area (Å²) in [6.07, 6.45) is 3.87. The van der Waals surface area contributed by atoms with Crippen LogP contribution in [0.15, 0.2) is 18.2 Å². The molecule has 3 heteroatoms. The van der Waals surface area contributed by atoms with Gasteiger partial charge in [-0.25, -0.2) is 0 Å². The fraction of sp³-hybridized carbons (Fsp3) is 0.667. The number of ether oxygens (including phenoxy) is 1. The summed E-state index contributed by atoms with van der Waals surface area (Å²) in [6, 6.07) is 7.81. The summed E-state index contributed by atoms with van der Waals surface area (Å²) in [4.78, 5) is 2.56. The van der Waals surface area contributed by atoms with Crippen molar-refractivity contribution in [3.8, 4) is 5.75 Å². The molecular weight excluding hydrogens is 260 g/mol. The number of methoxy groups -OCH3 is 1. The third kappa shape index (κ3) is 4.45. The summed E-state index contributed by atoms with van der Waals surface area (Å²) >= 11 is 0. The highest BCUT2D eigenvalue weighted by Crippen LogP contribution is 2.31. The van der Waals surface area contributed by atoms with Gasteiger partial charge in [0.1, 0.15) is 5.75 Å². The largest absolute Gasteiger partial charge is 0.496 e. The zero-order valence-corrected chi connectivity index (χ0v) is 14.0. The molecule has 2 rings (SSSR count). The Hall–Kier alpha value is -1.06. The van der Waals surface area contributed by atoms with Crippen molar-refractivity contribution in [2.24, 2.45) is 0 Å². The van der Waals surface area contributed by atoms with Gasteiger partial charge in [-0.1, -0.05) is 19.9 Å². The van der Waals surface area contributed by atoms with Crippen LogP contribution in [0.2, 0.25) is 0 Å². The number of nitrogens with zero attached hydrogens (tertiary/aromatic N) is 1. The van der Waals surface area contributed by atoms with E-state index >= 15 is 0 Å². The third-order valence-corrected chi connectivity index (χ3v) is 4.35. The highest BCUT2D eigenvalue weighted by Gasteiger charge is 2.28. The van der Waals surface area contributed by atoms with Gasteiger partial charge in [0.25, 0.3) is 0 Å². The molecule has 0 aromatic heterocycles. The monoisotopic (exact) mass is 290 g/mol. The minimum absolute atomic E-state index is 0.394. The average Bonchev–Trinajstić information content (AvgIpc) is 3.34. The van der Waals surface area contributed by atoms with Gasteiger partial charge in [0.05, 0.1) is 7.11 Å². The minimum Gasteiger partial charge on any atom is -0.496 e. The number of rotatable bonds is 9. The Balaban J connectivity index is 2.12. The van der Waals surface area contributed by atoms with E-state index in [-0.39, 0.29) is 0 Å². The summed E-state index contributed by atoms with van der Waals surface area (Å²) in [5.74, 6) is 1.01. The van der Waals surface area contributed by atoms with E-state index in [0.717, 1.165) is 31.4 Å². The van der Waals surface area contributed by atoms with Crippen molar-refractivity contribution in [1.82, 2.24) is 10.2 Å².